The van der Waals surface area contributed by atoms with Gasteiger partial charge in [0, 0.05) is 17.7 Å². The second-order valence-electron chi connectivity index (χ2n) is 4.06. The first kappa shape index (κ1) is 14.3. The maximum atomic E-state index is 12.2. The smallest absolute Gasteiger partial charge is 0.378 e. The second kappa shape index (κ2) is 6.38. The normalized spacial score (nSPS) is 9.71. The van der Waals surface area contributed by atoms with E-state index in [1.807, 2.05) is 0 Å². The van der Waals surface area contributed by atoms with Crippen molar-refractivity contribution in [2.75, 3.05) is 0 Å². The van der Waals surface area contributed by atoms with Crippen molar-refractivity contribution < 1.29 is 24.5 Å². The minimum atomic E-state index is -0.765. The van der Waals surface area contributed by atoms with Crippen LogP contribution in [0.4, 0.5) is 0 Å². The number of phenolic OH excluding ortho intramolecular Hbond substituents is 1. The SMILES string of the molecule is C=CC(=O)OOc1ccc(C(=O)c2ccccc2)c(O)c1. The van der Waals surface area contributed by atoms with Gasteiger partial charge >= 0.3 is 5.97 Å². The fraction of sp³-hybridized carbons (Fsp3) is 0. The number of carbonyl (C=O) groups is 2. The Morgan fingerprint density at radius 2 is 1.81 bits per heavy atom. The summed E-state index contributed by atoms with van der Waals surface area (Å²) in [6.07, 6.45) is 0.938. The first-order chi connectivity index (χ1) is 10.1. The predicted octanol–water partition coefficient (Wildman–Crippen LogP) is 2.65. The van der Waals surface area contributed by atoms with Crippen LogP contribution in [0.5, 0.6) is 11.5 Å². The monoisotopic (exact) mass is 284 g/mol. The number of hydrogen-bond donors (Lipinski definition) is 1. The molecule has 0 spiro atoms. The molecule has 0 aliphatic heterocycles. The quantitative estimate of drug-likeness (QED) is 0.395. The summed E-state index contributed by atoms with van der Waals surface area (Å²) in [4.78, 5) is 32.1. The lowest BCUT2D eigenvalue weighted by Crippen LogP contribution is -2.05. The fourth-order valence-corrected chi connectivity index (χ4v) is 1.62. The molecule has 21 heavy (non-hydrogen) atoms. The molecule has 0 aromatic heterocycles. The van der Waals surface area contributed by atoms with E-state index in [4.69, 9.17) is 0 Å². The van der Waals surface area contributed by atoms with Crippen molar-refractivity contribution in [3.8, 4) is 11.5 Å². The molecule has 0 heterocycles. The molecule has 106 valence electrons. The predicted molar refractivity (Wildman–Crippen MR) is 74.9 cm³/mol. The lowest BCUT2D eigenvalue weighted by atomic mass is 10.0. The van der Waals surface area contributed by atoms with Gasteiger partial charge < -0.3 is 5.11 Å². The van der Waals surface area contributed by atoms with E-state index >= 15 is 0 Å². The van der Waals surface area contributed by atoms with Crippen molar-refractivity contribution in [3.63, 3.8) is 0 Å². The summed E-state index contributed by atoms with van der Waals surface area (Å²) in [5.41, 5.74) is 0.586. The molecule has 0 aliphatic carbocycles. The van der Waals surface area contributed by atoms with Crippen LogP contribution in [0.25, 0.3) is 0 Å². The zero-order chi connectivity index (χ0) is 15.2. The summed E-state index contributed by atoms with van der Waals surface area (Å²) in [5.74, 6) is -1.26. The van der Waals surface area contributed by atoms with Gasteiger partial charge in [0.15, 0.2) is 11.5 Å². The van der Waals surface area contributed by atoms with E-state index in [0.29, 0.717) is 5.56 Å². The van der Waals surface area contributed by atoms with Crippen molar-refractivity contribution in [1.82, 2.24) is 0 Å². The average Bonchev–Trinajstić information content (AvgIpc) is 2.53. The molecule has 0 bridgehead atoms. The molecule has 0 fully saturated rings. The van der Waals surface area contributed by atoms with E-state index in [1.165, 1.54) is 18.2 Å². The molecule has 5 heteroatoms. The van der Waals surface area contributed by atoms with E-state index in [2.05, 4.69) is 16.4 Å². The van der Waals surface area contributed by atoms with Gasteiger partial charge in [-0.1, -0.05) is 36.9 Å². The van der Waals surface area contributed by atoms with Gasteiger partial charge in [-0.3, -0.25) is 9.68 Å². The van der Waals surface area contributed by atoms with Crippen LogP contribution in [-0.4, -0.2) is 16.9 Å². The zero-order valence-electron chi connectivity index (χ0n) is 11.0. The molecule has 0 atom stereocenters. The molecule has 1 N–H and O–H groups in total. The van der Waals surface area contributed by atoms with Crippen LogP contribution in [0.2, 0.25) is 0 Å². The van der Waals surface area contributed by atoms with Gasteiger partial charge in [0.1, 0.15) is 5.75 Å². The minimum Gasteiger partial charge on any atom is -0.507 e. The van der Waals surface area contributed by atoms with Crippen molar-refractivity contribution in [3.05, 3.63) is 72.3 Å². The second-order valence-corrected chi connectivity index (χ2v) is 4.06. The van der Waals surface area contributed by atoms with Crippen LogP contribution >= 0.6 is 0 Å². The first-order valence-corrected chi connectivity index (χ1v) is 6.05. The van der Waals surface area contributed by atoms with E-state index in [0.717, 1.165) is 6.08 Å². The molecule has 0 saturated carbocycles. The third-order valence-electron chi connectivity index (χ3n) is 2.64. The van der Waals surface area contributed by atoms with Crippen LogP contribution in [0.1, 0.15) is 15.9 Å². The molecule has 0 saturated heterocycles. The minimum absolute atomic E-state index is 0.0901. The Morgan fingerprint density at radius 1 is 1.10 bits per heavy atom. The first-order valence-electron chi connectivity index (χ1n) is 6.05. The fourth-order valence-electron chi connectivity index (χ4n) is 1.62. The summed E-state index contributed by atoms with van der Waals surface area (Å²) in [6.45, 7) is 3.21. The molecule has 0 amide bonds. The average molecular weight is 284 g/mol. The highest BCUT2D eigenvalue weighted by atomic mass is 17.2. The standard InChI is InChI=1S/C16H12O5/c1-2-15(18)21-20-12-8-9-13(14(17)10-12)16(19)11-6-4-3-5-7-11/h2-10,17H,1H2. The number of phenols is 1. The van der Waals surface area contributed by atoms with Crippen LogP contribution in [-0.2, 0) is 9.68 Å². The van der Waals surface area contributed by atoms with Crippen LogP contribution in [0, 0.1) is 0 Å². The van der Waals surface area contributed by atoms with Crippen molar-refractivity contribution in [2.45, 2.75) is 0 Å². The van der Waals surface area contributed by atoms with E-state index in [1.54, 1.807) is 30.3 Å². The maximum Gasteiger partial charge on any atom is 0.378 e. The van der Waals surface area contributed by atoms with Crippen molar-refractivity contribution in [2.24, 2.45) is 0 Å². The Balaban J connectivity index is 2.18. The van der Waals surface area contributed by atoms with Crippen LogP contribution in [0.15, 0.2) is 61.2 Å². The number of rotatable bonds is 5. The highest BCUT2D eigenvalue weighted by molar-refractivity contribution is 6.10. The summed E-state index contributed by atoms with van der Waals surface area (Å²) < 4.78 is 0. The number of benzene rings is 2. The van der Waals surface area contributed by atoms with Crippen LogP contribution < -0.4 is 4.89 Å². The summed E-state index contributed by atoms with van der Waals surface area (Å²) in [6, 6.07) is 12.5. The highest BCUT2D eigenvalue weighted by Gasteiger charge is 2.14. The van der Waals surface area contributed by atoms with Gasteiger partial charge in [0.05, 0.1) is 5.56 Å². The Kier molecular flexibility index (Phi) is 4.36. The summed E-state index contributed by atoms with van der Waals surface area (Å²) in [7, 11) is 0. The van der Waals surface area contributed by atoms with E-state index in [9.17, 15) is 14.7 Å². The Labute approximate surface area is 121 Å². The Hall–Kier alpha value is -3.08. The molecular weight excluding hydrogens is 272 g/mol. The van der Waals surface area contributed by atoms with Gasteiger partial charge in [-0.15, -0.1) is 0 Å². The summed E-state index contributed by atoms with van der Waals surface area (Å²) in [5, 5.41) is 9.88. The molecule has 2 aromatic rings. The third kappa shape index (κ3) is 3.48. The molecule has 0 radical (unpaired) electrons. The lowest BCUT2D eigenvalue weighted by Gasteiger charge is -2.06. The van der Waals surface area contributed by atoms with E-state index in [-0.39, 0.29) is 22.8 Å². The van der Waals surface area contributed by atoms with Gasteiger partial charge in [0.25, 0.3) is 0 Å². The molecule has 5 nitrogen and oxygen atoms in total. The number of aromatic hydroxyl groups is 1. The topological polar surface area (TPSA) is 72.8 Å². The zero-order valence-corrected chi connectivity index (χ0v) is 11.0. The molecule has 2 rings (SSSR count). The molecule has 0 aliphatic rings. The van der Waals surface area contributed by atoms with Gasteiger partial charge in [-0.05, 0) is 12.1 Å². The third-order valence-corrected chi connectivity index (χ3v) is 2.64. The number of carbonyl (C=O) groups excluding carboxylic acids is 2. The van der Waals surface area contributed by atoms with Gasteiger partial charge in [-0.25, -0.2) is 9.68 Å². The Bertz CT molecular complexity index is 676. The van der Waals surface area contributed by atoms with Gasteiger partial charge in [-0.2, -0.15) is 0 Å². The van der Waals surface area contributed by atoms with Crippen molar-refractivity contribution in [1.29, 1.82) is 0 Å². The molecule has 0 unspecified atom stereocenters. The Morgan fingerprint density at radius 3 is 2.43 bits per heavy atom. The lowest BCUT2D eigenvalue weighted by molar-refractivity contribution is -0.207. The van der Waals surface area contributed by atoms with Crippen LogP contribution in [0.3, 0.4) is 0 Å². The maximum absolute atomic E-state index is 12.2. The number of ketones is 1. The number of hydrogen-bond acceptors (Lipinski definition) is 5. The highest BCUT2D eigenvalue weighted by Crippen LogP contribution is 2.26. The largest absolute Gasteiger partial charge is 0.507 e. The molecule has 2 aromatic carbocycles. The van der Waals surface area contributed by atoms with E-state index < -0.39 is 5.97 Å². The van der Waals surface area contributed by atoms with Crippen molar-refractivity contribution >= 4 is 11.8 Å². The van der Waals surface area contributed by atoms with Gasteiger partial charge in [0.2, 0.25) is 0 Å². The molecular formula is C16H12O5. The summed E-state index contributed by atoms with van der Waals surface area (Å²) >= 11 is 0.